The Morgan fingerprint density at radius 2 is 0.838 bits per heavy atom. The molecule has 0 spiro atoms. The van der Waals surface area contributed by atoms with Gasteiger partial charge in [-0.2, -0.15) is 0 Å². The first kappa shape index (κ1) is 38.4. The van der Waals surface area contributed by atoms with Crippen molar-refractivity contribution < 1.29 is 8.83 Å². The molecule has 14 rings (SSSR count). The fourth-order valence-corrected chi connectivity index (χ4v) is 11.3. The van der Waals surface area contributed by atoms with E-state index in [4.69, 9.17) is 8.83 Å². The van der Waals surface area contributed by atoms with Crippen LogP contribution in [0.15, 0.2) is 258 Å². The van der Waals surface area contributed by atoms with Crippen LogP contribution in [-0.4, -0.2) is 0 Å². The molecule has 0 saturated heterocycles. The molecule has 1 aliphatic carbocycles. The number of hydrogen-bond acceptors (Lipinski definition) is 3. The van der Waals surface area contributed by atoms with E-state index in [0.29, 0.717) is 0 Å². The first-order valence-electron chi connectivity index (χ1n) is 23.3. The van der Waals surface area contributed by atoms with Gasteiger partial charge in [0.25, 0.3) is 0 Å². The quantitative estimate of drug-likeness (QED) is 0.160. The van der Waals surface area contributed by atoms with Gasteiger partial charge in [0, 0.05) is 44.2 Å². The zero-order valence-electron chi connectivity index (χ0n) is 36.9. The summed E-state index contributed by atoms with van der Waals surface area (Å²) in [6, 6.07) is 90.3. The average molecular weight is 868 g/mol. The lowest BCUT2D eigenvalue weighted by Crippen LogP contribution is -2.28. The Balaban J connectivity index is 0.929. The molecule has 1 aliphatic rings. The summed E-state index contributed by atoms with van der Waals surface area (Å²) < 4.78 is 12.7. The lowest BCUT2D eigenvalue weighted by atomic mass is 9.67. The highest BCUT2D eigenvalue weighted by Gasteiger charge is 2.46. The van der Waals surface area contributed by atoms with Crippen LogP contribution in [0.25, 0.3) is 88.0 Å². The van der Waals surface area contributed by atoms with Crippen molar-refractivity contribution in [2.24, 2.45) is 0 Å². The molecule has 0 bridgehead atoms. The largest absolute Gasteiger partial charge is 0.456 e. The fourth-order valence-electron chi connectivity index (χ4n) is 11.3. The summed E-state index contributed by atoms with van der Waals surface area (Å²) in [6.07, 6.45) is 0. The van der Waals surface area contributed by atoms with E-state index in [1.165, 1.54) is 33.4 Å². The van der Waals surface area contributed by atoms with Crippen LogP contribution in [0.3, 0.4) is 0 Å². The van der Waals surface area contributed by atoms with Crippen LogP contribution >= 0.6 is 0 Å². The second-order valence-electron chi connectivity index (χ2n) is 18.0. The van der Waals surface area contributed by atoms with Crippen molar-refractivity contribution in [3.05, 3.63) is 271 Å². The molecule has 13 aromatic rings. The number of benzene rings is 11. The molecular weight excluding hydrogens is 827 g/mol. The standard InChI is InChI=1S/C65H41NO2/c1-2-14-47(15-3-1)65(59-24-8-4-18-53(59)54-19-5-9-25-60(54)65)48-16-12-17-50(41-48)66(49-34-30-42(31-35-49)45-33-37-63-58(40-45)56-21-7-10-26-61(56)67-63)51-36-32-43-38-46(29-28-44(43)39-51)52-22-13-23-57-55-20-6-11-27-62(55)68-64(52)57/h1-41H. The lowest BCUT2D eigenvalue weighted by molar-refractivity contribution is 0.669. The molecule has 0 amide bonds. The zero-order valence-corrected chi connectivity index (χ0v) is 36.9. The molecule has 0 saturated carbocycles. The van der Waals surface area contributed by atoms with Crippen LogP contribution in [0.5, 0.6) is 0 Å². The molecule has 3 heteroatoms. The highest BCUT2D eigenvalue weighted by Crippen LogP contribution is 2.56. The van der Waals surface area contributed by atoms with Crippen LogP contribution < -0.4 is 4.90 Å². The number of anilines is 3. The highest BCUT2D eigenvalue weighted by molar-refractivity contribution is 6.10. The van der Waals surface area contributed by atoms with Crippen molar-refractivity contribution in [1.29, 1.82) is 0 Å². The third-order valence-corrected chi connectivity index (χ3v) is 14.3. The maximum atomic E-state index is 6.48. The van der Waals surface area contributed by atoms with Gasteiger partial charge in [-0.25, -0.2) is 0 Å². The van der Waals surface area contributed by atoms with Gasteiger partial charge in [0.1, 0.15) is 22.3 Å². The Bertz CT molecular complexity index is 4060. The smallest absolute Gasteiger partial charge is 0.143 e. The van der Waals surface area contributed by atoms with Gasteiger partial charge in [0.2, 0.25) is 0 Å². The highest BCUT2D eigenvalue weighted by atomic mass is 16.3. The van der Waals surface area contributed by atoms with E-state index < -0.39 is 5.41 Å². The number of nitrogens with zero attached hydrogens (tertiary/aromatic N) is 1. The topological polar surface area (TPSA) is 29.5 Å². The second kappa shape index (κ2) is 15.1. The Labute approximate surface area is 393 Å². The monoisotopic (exact) mass is 867 g/mol. The minimum Gasteiger partial charge on any atom is -0.456 e. The Morgan fingerprint density at radius 1 is 0.294 bits per heavy atom. The van der Waals surface area contributed by atoms with Gasteiger partial charge in [0.15, 0.2) is 0 Å². The summed E-state index contributed by atoms with van der Waals surface area (Å²) in [5.74, 6) is 0. The van der Waals surface area contributed by atoms with E-state index in [-0.39, 0.29) is 0 Å². The Hall–Kier alpha value is -8.92. The molecule has 0 N–H and O–H groups in total. The molecule has 0 atom stereocenters. The van der Waals surface area contributed by atoms with Crippen molar-refractivity contribution in [3.63, 3.8) is 0 Å². The molecule has 318 valence electrons. The Morgan fingerprint density at radius 3 is 1.63 bits per heavy atom. The van der Waals surface area contributed by atoms with E-state index in [2.05, 4.69) is 229 Å². The summed E-state index contributed by atoms with van der Waals surface area (Å²) in [5, 5.41) is 6.83. The van der Waals surface area contributed by atoms with Gasteiger partial charge in [-0.3, -0.25) is 0 Å². The predicted octanol–water partition coefficient (Wildman–Crippen LogP) is 17.8. The van der Waals surface area contributed by atoms with Gasteiger partial charge in [-0.05, 0) is 128 Å². The summed E-state index contributed by atoms with van der Waals surface area (Å²) in [5.41, 5.74) is 18.4. The van der Waals surface area contributed by atoms with Gasteiger partial charge in [0.05, 0.1) is 5.41 Å². The number of furan rings is 2. The molecule has 0 aliphatic heterocycles. The van der Waals surface area contributed by atoms with Gasteiger partial charge in [-0.15, -0.1) is 0 Å². The third-order valence-electron chi connectivity index (χ3n) is 14.3. The van der Waals surface area contributed by atoms with Gasteiger partial charge >= 0.3 is 0 Å². The molecule has 11 aromatic carbocycles. The minimum atomic E-state index is -0.529. The number of hydrogen-bond donors (Lipinski definition) is 0. The number of fused-ring (bicyclic) bond motifs is 10. The van der Waals surface area contributed by atoms with E-state index in [9.17, 15) is 0 Å². The summed E-state index contributed by atoms with van der Waals surface area (Å²) in [6.45, 7) is 0. The van der Waals surface area contributed by atoms with Crippen LogP contribution in [0.4, 0.5) is 17.1 Å². The molecule has 0 fully saturated rings. The molecule has 3 nitrogen and oxygen atoms in total. The number of para-hydroxylation sites is 3. The molecule has 2 aromatic heterocycles. The fraction of sp³-hybridized carbons (Fsp3) is 0.0154. The Kier molecular flexibility index (Phi) is 8.50. The van der Waals surface area contributed by atoms with E-state index >= 15 is 0 Å². The van der Waals surface area contributed by atoms with E-state index in [1.54, 1.807) is 0 Å². The summed E-state index contributed by atoms with van der Waals surface area (Å²) in [7, 11) is 0. The first-order chi connectivity index (χ1) is 33.7. The molecule has 0 radical (unpaired) electrons. The van der Waals surface area contributed by atoms with Gasteiger partial charge < -0.3 is 13.7 Å². The van der Waals surface area contributed by atoms with Crippen molar-refractivity contribution in [2.75, 3.05) is 4.90 Å². The molecule has 0 unspecified atom stereocenters. The zero-order chi connectivity index (χ0) is 44.8. The van der Waals surface area contributed by atoms with Gasteiger partial charge in [-0.1, -0.05) is 182 Å². The molecular formula is C65H41NO2. The van der Waals surface area contributed by atoms with Crippen molar-refractivity contribution in [1.82, 2.24) is 0 Å². The summed E-state index contributed by atoms with van der Waals surface area (Å²) in [4.78, 5) is 2.41. The summed E-state index contributed by atoms with van der Waals surface area (Å²) >= 11 is 0. The van der Waals surface area contributed by atoms with E-state index in [0.717, 1.165) is 94.0 Å². The average Bonchev–Trinajstić information content (AvgIpc) is 4.08. The molecule has 2 heterocycles. The van der Waals surface area contributed by atoms with Crippen LogP contribution in [0.2, 0.25) is 0 Å². The maximum Gasteiger partial charge on any atom is 0.143 e. The normalized spacial score (nSPS) is 12.8. The second-order valence-corrected chi connectivity index (χ2v) is 18.0. The predicted molar refractivity (Wildman–Crippen MR) is 281 cm³/mol. The third kappa shape index (κ3) is 5.79. The van der Waals surface area contributed by atoms with Crippen molar-refractivity contribution in [2.45, 2.75) is 5.41 Å². The van der Waals surface area contributed by atoms with Crippen LogP contribution in [-0.2, 0) is 5.41 Å². The van der Waals surface area contributed by atoms with Crippen molar-refractivity contribution >= 4 is 71.7 Å². The lowest BCUT2D eigenvalue weighted by Gasteiger charge is -2.35. The van der Waals surface area contributed by atoms with E-state index in [1.807, 2.05) is 24.3 Å². The SMILES string of the molecule is c1ccc(C2(c3cccc(N(c4ccc(-c5ccc6oc7ccccc7c6c5)cc4)c4ccc5cc(-c6cccc7c6oc6ccccc67)ccc5c4)c3)c3ccccc3-c3ccccc32)cc1. The first-order valence-corrected chi connectivity index (χ1v) is 23.3. The van der Waals surface area contributed by atoms with Crippen molar-refractivity contribution in [3.8, 4) is 33.4 Å². The number of rotatable bonds is 7. The van der Waals surface area contributed by atoms with Crippen LogP contribution in [0.1, 0.15) is 22.3 Å². The molecule has 68 heavy (non-hydrogen) atoms. The maximum absolute atomic E-state index is 6.48. The minimum absolute atomic E-state index is 0.529. The van der Waals surface area contributed by atoms with Crippen LogP contribution in [0, 0.1) is 0 Å².